The van der Waals surface area contributed by atoms with Crippen LogP contribution in [0.2, 0.25) is 0 Å². The molecule has 4 atom stereocenters. The average Bonchev–Trinajstić information content (AvgIpc) is 3.57. The number of carbonyl (C=O) groups is 3. The van der Waals surface area contributed by atoms with Crippen molar-refractivity contribution in [3.05, 3.63) is 65.2 Å². The first-order valence-corrected chi connectivity index (χ1v) is 14.1. The highest BCUT2D eigenvalue weighted by atomic mass is 16.6. The van der Waals surface area contributed by atoms with E-state index in [9.17, 15) is 14.4 Å². The van der Waals surface area contributed by atoms with E-state index >= 15 is 0 Å². The second-order valence-electron chi connectivity index (χ2n) is 12.2. The summed E-state index contributed by atoms with van der Waals surface area (Å²) >= 11 is 0. The summed E-state index contributed by atoms with van der Waals surface area (Å²) in [5.41, 5.74) is 2.84. The van der Waals surface area contributed by atoms with Gasteiger partial charge in [0.2, 0.25) is 5.91 Å². The van der Waals surface area contributed by atoms with Crippen molar-refractivity contribution in [2.24, 2.45) is 11.8 Å². The molecule has 4 unspecified atom stereocenters. The molecule has 0 aliphatic heterocycles. The van der Waals surface area contributed by atoms with E-state index in [0.29, 0.717) is 12.1 Å². The predicted molar refractivity (Wildman–Crippen MR) is 155 cm³/mol. The summed E-state index contributed by atoms with van der Waals surface area (Å²) in [6.45, 7) is 15.5. The quantitative estimate of drug-likeness (QED) is 0.368. The van der Waals surface area contributed by atoms with Crippen LogP contribution in [0.1, 0.15) is 84.0 Å². The van der Waals surface area contributed by atoms with Crippen molar-refractivity contribution in [2.75, 3.05) is 5.32 Å². The van der Waals surface area contributed by atoms with Crippen LogP contribution in [0, 0.1) is 18.8 Å². The van der Waals surface area contributed by atoms with Crippen LogP contribution in [0.4, 0.5) is 10.5 Å². The number of para-hydroxylation sites is 1. The zero-order valence-corrected chi connectivity index (χ0v) is 24.7. The van der Waals surface area contributed by atoms with E-state index in [4.69, 9.17) is 4.74 Å². The van der Waals surface area contributed by atoms with Gasteiger partial charge in [-0.25, -0.2) is 4.79 Å². The number of carbonyl (C=O) groups excluding carboxylic acids is 3. The van der Waals surface area contributed by atoms with Crippen LogP contribution >= 0.6 is 0 Å². The molecule has 0 heterocycles. The number of amides is 3. The van der Waals surface area contributed by atoms with E-state index in [0.717, 1.165) is 29.5 Å². The number of alkyl carbamates (subject to hydrolysis) is 1. The minimum absolute atomic E-state index is 0.105. The van der Waals surface area contributed by atoms with E-state index in [1.54, 1.807) is 25.7 Å². The monoisotopic (exact) mass is 535 g/mol. The molecule has 0 saturated heterocycles. The number of nitrogens with zero attached hydrogens (tertiary/aromatic N) is 1. The number of anilines is 1. The van der Waals surface area contributed by atoms with Crippen LogP contribution < -0.4 is 10.6 Å². The van der Waals surface area contributed by atoms with Crippen LogP contribution in [0.3, 0.4) is 0 Å². The van der Waals surface area contributed by atoms with Crippen molar-refractivity contribution in [3.8, 4) is 0 Å². The molecule has 1 aliphatic carbocycles. The van der Waals surface area contributed by atoms with Gasteiger partial charge in [-0.15, -0.1) is 0 Å². The molecule has 212 valence electrons. The Hall–Kier alpha value is -3.35. The number of benzene rings is 2. The summed E-state index contributed by atoms with van der Waals surface area (Å²) < 4.78 is 5.49. The van der Waals surface area contributed by atoms with Crippen molar-refractivity contribution in [3.63, 3.8) is 0 Å². The smallest absolute Gasteiger partial charge is 0.408 e. The highest BCUT2D eigenvalue weighted by Gasteiger charge is 2.48. The van der Waals surface area contributed by atoms with Crippen LogP contribution in [-0.4, -0.2) is 40.5 Å². The molecule has 0 radical (unpaired) electrons. The molecule has 3 rings (SSSR count). The molecule has 0 aromatic heterocycles. The number of ether oxygens (including phenoxy) is 1. The largest absolute Gasteiger partial charge is 0.444 e. The molecule has 1 aliphatic rings. The molecule has 3 amide bonds. The fourth-order valence-electron chi connectivity index (χ4n) is 4.78. The number of hydrogen-bond donors (Lipinski definition) is 2. The Balaban J connectivity index is 2.03. The maximum atomic E-state index is 14.3. The van der Waals surface area contributed by atoms with E-state index in [2.05, 4.69) is 24.5 Å². The first-order valence-electron chi connectivity index (χ1n) is 14.1. The van der Waals surface area contributed by atoms with Crippen LogP contribution in [0.15, 0.2) is 48.5 Å². The lowest BCUT2D eigenvalue weighted by molar-refractivity contribution is -0.142. The first kappa shape index (κ1) is 30.2. The lowest BCUT2D eigenvalue weighted by Crippen LogP contribution is -2.53. The van der Waals surface area contributed by atoms with Gasteiger partial charge in [-0.05, 0) is 81.5 Å². The second kappa shape index (κ2) is 12.7. The van der Waals surface area contributed by atoms with Gasteiger partial charge in [-0.2, -0.15) is 0 Å². The first-order chi connectivity index (χ1) is 18.3. The number of hydrogen-bond acceptors (Lipinski definition) is 4. The molecule has 1 saturated carbocycles. The van der Waals surface area contributed by atoms with Crippen molar-refractivity contribution in [1.29, 1.82) is 0 Å². The Morgan fingerprint density at radius 2 is 1.67 bits per heavy atom. The van der Waals surface area contributed by atoms with Crippen molar-refractivity contribution < 1.29 is 19.1 Å². The van der Waals surface area contributed by atoms with Gasteiger partial charge in [0.1, 0.15) is 17.7 Å². The summed E-state index contributed by atoms with van der Waals surface area (Å²) in [6.07, 6.45) is 1.46. The summed E-state index contributed by atoms with van der Waals surface area (Å²) in [5.74, 6) is -0.163. The number of nitrogens with one attached hydrogen (secondary N) is 2. The summed E-state index contributed by atoms with van der Waals surface area (Å²) in [4.78, 5) is 42.9. The fourth-order valence-corrected chi connectivity index (χ4v) is 4.78. The third-order valence-electron chi connectivity index (χ3n) is 7.01. The van der Waals surface area contributed by atoms with Crippen molar-refractivity contribution in [1.82, 2.24) is 10.2 Å². The van der Waals surface area contributed by atoms with Crippen molar-refractivity contribution in [2.45, 2.75) is 98.4 Å². The highest BCUT2D eigenvalue weighted by Crippen LogP contribution is 2.41. The minimum atomic E-state index is -0.854. The van der Waals surface area contributed by atoms with Gasteiger partial charge in [0.25, 0.3) is 5.91 Å². The van der Waals surface area contributed by atoms with E-state index < -0.39 is 23.8 Å². The summed E-state index contributed by atoms with van der Waals surface area (Å²) in [6, 6.07) is 13.7. The standard InChI is InChI=1S/C32H45N3O4/c1-9-23-14-16-24(17-15-23)28(29(36)33-25-13-11-10-12-21(25)4)35(27-19-22(27)5)30(37)26(18-20(2)3)34-31(38)39-32(6,7)8/h10-17,20,22,26-28H,9,18-19H2,1-8H3,(H,33,36)(H,34,38). The molecule has 2 N–H and O–H groups in total. The lowest BCUT2D eigenvalue weighted by atomic mass is 9.97. The number of aryl methyl sites for hydroxylation is 2. The zero-order chi connectivity index (χ0) is 28.9. The molecular formula is C32H45N3O4. The topological polar surface area (TPSA) is 87.7 Å². The zero-order valence-electron chi connectivity index (χ0n) is 24.7. The van der Waals surface area contributed by atoms with E-state index in [-0.39, 0.29) is 29.7 Å². The molecule has 0 spiro atoms. The molecular weight excluding hydrogens is 490 g/mol. The lowest BCUT2D eigenvalue weighted by Gasteiger charge is -2.35. The molecule has 39 heavy (non-hydrogen) atoms. The molecule has 7 nitrogen and oxygen atoms in total. The Bertz CT molecular complexity index is 1150. The van der Waals surface area contributed by atoms with E-state index in [1.807, 2.05) is 69.3 Å². The maximum Gasteiger partial charge on any atom is 0.408 e. The van der Waals surface area contributed by atoms with Gasteiger partial charge in [0.15, 0.2) is 0 Å². The van der Waals surface area contributed by atoms with Gasteiger partial charge in [0.05, 0.1) is 0 Å². The molecule has 2 aromatic carbocycles. The third kappa shape index (κ3) is 8.32. The van der Waals surface area contributed by atoms with Gasteiger partial charge in [-0.3, -0.25) is 9.59 Å². The molecule has 7 heteroatoms. The van der Waals surface area contributed by atoms with E-state index in [1.165, 1.54) is 0 Å². The second-order valence-corrected chi connectivity index (χ2v) is 12.2. The third-order valence-corrected chi connectivity index (χ3v) is 7.01. The fraction of sp³-hybridized carbons (Fsp3) is 0.531. The Labute approximate surface area is 233 Å². The van der Waals surface area contributed by atoms with Gasteiger partial charge >= 0.3 is 6.09 Å². The van der Waals surface area contributed by atoms with Gasteiger partial charge < -0.3 is 20.3 Å². The van der Waals surface area contributed by atoms with Crippen LogP contribution in [0.5, 0.6) is 0 Å². The van der Waals surface area contributed by atoms with Crippen LogP contribution in [0.25, 0.3) is 0 Å². The number of rotatable bonds is 10. The Morgan fingerprint density at radius 1 is 1.05 bits per heavy atom. The average molecular weight is 536 g/mol. The predicted octanol–water partition coefficient (Wildman–Crippen LogP) is 6.41. The highest BCUT2D eigenvalue weighted by molar-refractivity contribution is 5.99. The van der Waals surface area contributed by atoms with Gasteiger partial charge in [-0.1, -0.05) is 70.2 Å². The summed E-state index contributed by atoms with van der Waals surface area (Å²) in [7, 11) is 0. The van der Waals surface area contributed by atoms with Crippen molar-refractivity contribution >= 4 is 23.6 Å². The molecule has 2 aromatic rings. The van der Waals surface area contributed by atoms with Crippen LogP contribution in [-0.2, 0) is 20.7 Å². The summed E-state index contributed by atoms with van der Waals surface area (Å²) in [5, 5.41) is 5.90. The Morgan fingerprint density at radius 3 is 2.18 bits per heavy atom. The molecule has 0 bridgehead atoms. The maximum absolute atomic E-state index is 14.3. The SMILES string of the molecule is CCc1ccc(C(C(=O)Nc2ccccc2C)N(C(=O)C(CC(C)C)NC(=O)OC(C)(C)C)C2CC2C)cc1. The normalized spacial score (nSPS) is 18.2. The Kier molecular flexibility index (Phi) is 9.81. The molecule has 1 fully saturated rings. The minimum Gasteiger partial charge on any atom is -0.444 e. The van der Waals surface area contributed by atoms with Gasteiger partial charge in [0, 0.05) is 11.7 Å².